The minimum absolute atomic E-state index is 0.0685. The molecule has 110 valence electrons. The number of methoxy groups -OCH3 is 2. The number of fused-ring (bicyclic) bond motifs is 3. The molecular formula is C16H16ClNO3. The van der Waals surface area contributed by atoms with Gasteiger partial charge in [-0.1, -0.05) is 11.6 Å². The zero-order valence-electron chi connectivity index (χ0n) is 12.2. The molecule has 21 heavy (non-hydrogen) atoms. The van der Waals surface area contributed by atoms with Crippen LogP contribution in [-0.4, -0.2) is 18.8 Å². The highest BCUT2D eigenvalue weighted by molar-refractivity contribution is 6.31. The normalized spacial score (nSPS) is 12.6. The lowest BCUT2D eigenvalue weighted by Gasteiger charge is -2.26. The molecule has 4 nitrogen and oxygen atoms in total. The zero-order chi connectivity index (χ0) is 15.1. The summed E-state index contributed by atoms with van der Waals surface area (Å²) in [5, 5.41) is 0.494. The molecule has 1 aliphatic rings. The molecule has 5 heteroatoms. The highest BCUT2D eigenvalue weighted by Gasteiger charge is 2.25. The first kappa shape index (κ1) is 14.0. The molecule has 1 aromatic carbocycles. The number of benzene rings is 1. The van der Waals surface area contributed by atoms with Gasteiger partial charge >= 0.3 is 0 Å². The van der Waals surface area contributed by atoms with Crippen LogP contribution < -0.4 is 15.0 Å². The lowest BCUT2D eigenvalue weighted by atomic mass is 9.93. The van der Waals surface area contributed by atoms with E-state index in [1.807, 2.05) is 19.1 Å². The third-order valence-corrected chi connectivity index (χ3v) is 4.38. The van der Waals surface area contributed by atoms with Crippen LogP contribution in [0.3, 0.4) is 0 Å². The van der Waals surface area contributed by atoms with Crippen molar-refractivity contribution in [3.05, 3.63) is 44.7 Å². The summed E-state index contributed by atoms with van der Waals surface area (Å²) in [6, 6.07) is 5.30. The van der Waals surface area contributed by atoms with E-state index in [-0.39, 0.29) is 5.56 Å². The van der Waals surface area contributed by atoms with Crippen LogP contribution >= 0.6 is 11.6 Å². The average molecular weight is 306 g/mol. The fraction of sp³-hybridized carbons (Fsp3) is 0.312. The Morgan fingerprint density at radius 2 is 2.00 bits per heavy atom. The van der Waals surface area contributed by atoms with Crippen molar-refractivity contribution in [3.63, 3.8) is 0 Å². The molecule has 0 atom stereocenters. The molecule has 0 amide bonds. The average Bonchev–Trinajstić information content (AvgIpc) is 2.50. The van der Waals surface area contributed by atoms with Gasteiger partial charge in [-0.3, -0.25) is 4.79 Å². The summed E-state index contributed by atoms with van der Waals surface area (Å²) in [6.07, 6.45) is 0.726. The SMILES string of the molecule is COc1ccc2c(c1OC)CCn1c-2c(C)c(Cl)cc1=O. The maximum atomic E-state index is 12.1. The topological polar surface area (TPSA) is 40.5 Å². The zero-order valence-corrected chi connectivity index (χ0v) is 13.0. The molecule has 0 aliphatic carbocycles. The minimum Gasteiger partial charge on any atom is -0.493 e. The first-order chi connectivity index (χ1) is 10.1. The van der Waals surface area contributed by atoms with E-state index in [1.165, 1.54) is 6.07 Å². The van der Waals surface area contributed by atoms with Crippen molar-refractivity contribution >= 4 is 11.6 Å². The fourth-order valence-corrected chi connectivity index (χ4v) is 3.16. The van der Waals surface area contributed by atoms with E-state index in [9.17, 15) is 4.79 Å². The number of hydrogen-bond acceptors (Lipinski definition) is 3. The van der Waals surface area contributed by atoms with E-state index >= 15 is 0 Å². The second kappa shape index (κ2) is 5.11. The quantitative estimate of drug-likeness (QED) is 0.856. The highest BCUT2D eigenvalue weighted by Crippen LogP contribution is 2.42. The fourth-order valence-electron chi connectivity index (χ4n) is 2.97. The number of nitrogens with zero attached hydrogens (tertiary/aromatic N) is 1. The third-order valence-electron chi connectivity index (χ3n) is 3.99. The molecule has 0 spiro atoms. The first-order valence-electron chi connectivity index (χ1n) is 6.72. The highest BCUT2D eigenvalue weighted by atomic mass is 35.5. The molecule has 0 saturated heterocycles. The Bertz CT molecular complexity index is 780. The number of aromatic nitrogens is 1. The van der Waals surface area contributed by atoms with Crippen LogP contribution in [0.15, 0.2) is 23.0 Å². The van der Waals surface area contributed by atoms with Gasteiger partial charge in [0, 0.05) is 23.7 Å². The standard InChI is InChI=1S/C16H16ClNO3/c1-9-12(17)8-14(19)18-7-6-11-10(15(9)18)4-5-13(20-2)16(11)21-3/h4-5,8H,6-7H2,1-3H3. The van der Waals surface area contributed by atoms with Crippen LogP contribution in [-0.2, 0) is 13.0 Å². The van der Waals surface area contributed by atoms with Gasteiger partial charge in [-0.25, -0.2) is 0 Å². The molecular weight excluding hydrogens is 290 g/mol. The number of rotatable bonds is 2. The van der Waals surface area contributed by atoms with Crippen molar-refractivity contribution in [1.82, 2.24) is 4.57 Å². The molecule has 0 N–H and O–H groups in total. The van der Waals surface area contributed by atoms with Gasteiger partial charge < -0.3 is 14.0 Å². The number of hydrogen-bond donors (Lipinski definition) is 0. The van der Waals surface area contributed by atoms with Gasteiger partial charge in [0.25, 0.3) is 5.56 Å². The van der Waals surface area contributed by atoms with E-state index < -0.39 is 0 Å². The van der Waals surface area contributed by atoms with E-state index in [0.717, 1.165) is 34.6 Å². The van der Waals surface area contributed by atoms with Crippen molar-refractivity contribution in [2.45, 2.75) is 19.9 Å². The number of halogens is 1. The van der Waals surface area contributed by atoms with E-state index in [2.05, 4.69) is 0 Å². The van der Waals surface area contributed by atoms with Gasteiger partial charge in [0.15, 0.2) is 11.5 Å². The first-order valence-corrected chi connectivity index (χ1v) is 7.10. The Labute approximate surface area is 127 Å². The van der Waals surface area contributed by atoms with Crippen molar-refractivity contribution < 1.29 is 9.47 Å². The van der Waals surface area contributed by atoms with Crippen molar-refractivity contribution in [3.8, 4) is 22.8 Å². The molecule has 1 aromatic heterocycles. The van der Waals surface area contributed by atoms with Crippen molar-refractivity contribution in [2.75, 3.05) is 14.2 Å². The summed E-state index contributed by atoms with van der Waals surface area (Å²) in [7, 11) is 3.25. The van der Waals surface area contributed by atoms with Gasteiger partial charge in [0.2, 0.25) is 0 Å². The van der Waals surface area contributed by atoms with Gasteiger partial charge in [0.1, 0.15) is 0 Å². The predicted molar refractivity (Wildman–Crippen MR) is 82.7 cm³/mol. The summed E-state index contributed by atoms with van der Waals surface area (Å²) in [5.74, 6) is 1.43. The summed E-state index contributed by atoms with van der Waals surface area (Å²) in [5.41, 5.74) is 3.75. The lowest BCUT2D eigenvalue weighted by Crippen LogP contribution is -2.26. The monoisotopic (exact) mass is 305 g/mol. The van der Waals surface area contributed by atoms with Gasteiger partial charge in [0.05, 0.1) is 24.9 Å². The van der Waals surface area contributed by atoms with Crippen molar-refractivity contribution in [1.29, 1.82) is 0 Å². The molecule has 2 aromatic rings. The molecule has 2 heterocycles. The largest absolute Gasteiger partial charge is 0.493 e. The Morgan fingerprint density at radius 1 is 1.24 bits per heavy atom. The maximum absolute atomic E-state index is 12.1. The van der Waals surface area contributed by atoms with Crippen molar-refractivity contribution in [2.24, 2.45) is 0 Å². The summed E-state index contributed by atoms with van der Waals surface area (Å²) < 4.78 is 12.6. The molecule has 0 bridgehead atoms. The van der Waals surface area contributed by atoms with Crippen LogP contribution in [0.25, 0.3) is 11.3 Å². The Morgan fingerprint density at radius 3 is 2.67 bits per heavy atom. The summed E-state index contributed by atoms with van der Waals surface area (Å²) in [4.78, 5) is 12.1. The van der Waals surface area contributed by atoms with Gasteiger partial charge in [-0.05, 0) is 31.0 Å². The molecule has 0 fully saturated rings. The minimum atomic E-state index is -0.0685. The summed E-state index contributed by atoms with van der Waals surface area (Å²) >= 11 is 6.18. The van der Waals surface area contributed by atoms with E-state index in [0.29, 0.717) is 17.3 Å². The van der Waals surface area contributed by atoms with Crippen LogP contribution in [0.5, 0.6) is 11.5 Å². The van der Waals surface area contributed by atoms with E-state index in [1.54, 1.807) is 18.8 Å². The second-order valence-corrected chi connectivity index (χ2v) is 5.44. The Hall–Kier alpha value is -1.94. The van der Waals surface area contributed by atoms with Crippen LogP contribution in [0, 0.1) is 6.92 Å². The third kappa shape index (κ3) is 2.02. The van der Waals surface area contributed by atoms with Crippen LogP contribution in [0.1, 0.15) is 11.1 Å². The Balaban J connectivity index is 2.36. The number of pyridine rings is 1. The number of ether oxygens (including phenoxy) is 2. The Kier molecular flexibility index (Phi) is 3.41. The van der Waals surface area contributed by atoms with Gasteiger partial charge in [-0.15, -0.1) is 0 Å². The predicted octanol–water partition coefficient (Wildman–Crippen LogP) is 3.05. The van der Waals surface area contributed by atoms with Crippen LogP contribution in [0.4, 0.5) is 0 Å². The molecule has 0 unspecified atom stereocenters. The van der Waals surface area contributed by atoms with E-state index in [4.69, 9.17) is 21.1 Å². The second-order valence-electron chi connectivity index (χ2n) is 5.03. The molecule has 1 aliphatic heterocycles. The summed E-state index contributed by atoms with van der Waals surface area (Å²) in [6.45, 7) is 2.54. The van der Waals surface area contributed by atoms with Gasteiger partial charge in [-0.2, -0.15) is 0 Å². The van der Waals surface area contributed by atoms with Crippen LogP contribution in [0.2, 0.25) is 5.02 Å². The molecule has 0 radical (unpaired) electrons. The lowest BCUT2D eigenvalue weighted by molar-refractivity contribution is 0.350. The molecule has 3 rings (SSSR count). The smallest absolute Gasteiger partial charge is 0.252 e. The maximum Gasteiger partial charge on any atom is 0.252 e. The molecule has 0 saturated carbocycles.